The fourth-order valence-corrected chi connectivity index (χ4v) is 2.84. The maximum atomic E-state index is 11.7. The summed E-state index contributed by atoms with van der Waals surface area (Å²) in [6.07, 6.45) is 0. The Morgan fingerprint density at radius 2 is 0.885 bits per heavy atom. The van der Waals surface area contributed by atoms with Crippen molar-refractivity contribution in [3.63, 3.8) is 0 Å². The van der Waals surface area contributed by atoms with Crippen molar-refractivity contribution >= 4 is 23.3 Å². The summed E-state index contributed by atoms with van der Waals surface area (Å²) in [5.74, 6) is -2.84. The van der Waals surface area contributed by atoms with Gasteiger partial charge in [-0.25, -0.2) is 0 Å². The van der Waals surface area contributed by atoms with E-state index in [0.29, 0.717) is 22.5 Å². The molecule has 26 heavy (non-hydrogen) atoms. The van der Waals surface area contributed by atoms with E-state index in [0.717, 1.165) is 0 Å². The molecular formula is C20H14N2O4-2. The van der Waals surface area contributed by atoms with E-state index in [1.165, 1.54) is 12.1 Å². The van der Waals surface area contributed by atoms with Crippen LogP contribution in [-0.4, -0.2) is 11.9 Å². The monoisotopic (exact) mass is 346 g/mol. The molecule has 0 saturated heterocycles. The Kier molecular flexibility index (Phi) is 4.33. The van der Waals surface area contributed by atoms with Crippen molar-refractivity contribution in [2.45, 2.75) is 0 Å². The summed E-state index contributed by atoms with van der Waals surface area (Å²) < 4.78 is 0. The Hall–Kier alpha value is -3.80. The summed E-state index contributed by atoms with van der Waals surface area (Å²) in [5.41, 5.74) is 13.5. The van der Waals surface area contributed by atoms with Crippen molar-refractivity contribution < 1.29 is 19.8 Å². The molecule has 3 rings (SSSR count). The van der Waals surface area contributed by atoms with E-state index in [9.17, 15) is 19.8 Å². The molecule has 6 heteroatoms. The zero-order chi connectivity index (χ0) is 18.8. The first kappa shape index (κ1) is 17.0. The molecule has 6 nitrogen and oxygen atoms in total. The number of rotatable bonds is 4. The van der Waals surface area contributed by atoms with Gasteiger partial charge in [-0.05, 0) is 46.5 Å². The summed E-state index contributed by atoms with van der Waals surface area (Å²) in [4.78, 5) is 23.3. The second-order valence-corrected chi connectivity index (χ2v) is 5.73. The normalized spacial score (nSPS) is 10.5. The average Bonchev–Trinajstić information content (AvgIpc) is 2.61. The summed E-state index contributed by atoms with van der Waals surface area (Å²) in [5, 5.41) is 23.3. The zero-order valence-electron chi connectivity index (χ0n) is 13.6. The van der Waals surface area contributed by atoms with Crippen molar-refractivity contribution in [1.82, 2.24) is 0 Å². The van der Waals surface area contributed by atoms with Crippen LogP contribution in [-0.2, 0) is 0 Å². The standard InChI is InChI=1S/C20H16N2O4/c21-13-5-1-11(2-6-13)17-15(19(23)24)9-10-16(20(25)26)18(17)12-3-7-14(22)8-4-12/h1-10H,21-22H2,(H,23,24)(H,25,26)/p-2. The molecule has 0 bridgehead atoms. The first-order valence-corrected chi connectivity index (χ1v) is 7.70. The molecule has 0 atom stereocenters. The van der Waals surface area contributed by atoms with E-state index >= 15 is 0 Å². The fourth-order valence-electron chi connectivity index (χ4n) is 2.84. The van der Waals surface area contributed by atoms with Gasteiger partial charge in [0.25, 0.3) is 0 Å². The lowest BCUT2D eigenvalue weighted by Crippen LogP contribution is -2.26. The van der Waals surface area contributed by atoms with E-state index in [-0.39, 0.29) is 22.3 Å². The number of hydrogen-bond acceptors (Lipinski definition) is 6. The predicted molar refractivity (Wildman–Crippen MR) is 94.8 cm³/mol. The Labute approximate surface area is 149 Å². The molecule has 0 aliphatic heterocycles. The molecule has 0 aliphatic rings. The molecule has 0 aliphatic carbocycles. The number of carbonyl (C=O) groups is 2. The maximum absolute atomic E-state index is 11.7. The van der Waals surface area contributed by atoms with Crippen LogP contribution in [0.15, 0.2) is 60.7 Å². The van der Waals surface area contributed by atoms with Gasteiger partial charge in [0.15, 0.2) is 0 Å². The third-order valence-corrected chi connectivity index (χ3v) is 4.04. The van der Waals surface area contributed by atoms with E-state index in [4.69, 9.17) is 11.5 Å². The van der Waals surface area contributed by atoms with Crippen LogP contribution in [0, 0.1) is 0 Å². The first-order chi connectivity index (χ1) is 12.4. The van der Waals surface area contributed by atoms with Crippen LogP contribution in [0.2, 0.25) is 0 Å². The minimum Gasteiger partial charge on any atom is -0.545 e. The number of aromatic carboxylic acids is 2. The highest BCUT2D eigenvalue weighted by atomic mass is 16.4. The molecule has 0 unspecified atom stereocenters. The number of nitrogen functional groups attached to an aromatic ring is 2. The van der Waals surface area contributed by atoms with Gasteiger partial charge in [0.1, 0.15) is 0 Å². The number of hydrogen-bond donors (Lipinski definition) is 2. The van der Waals surface area contributed by atoms with Gasteiger partial charge in [-0.15, -0.1) is 0 Å². The molecule has 4 N–H and O–H groups in total. The molecule has 0 spiro atoms. The second-order valence-electron chi connectivity index (χ2n) is 5.73. The molecule has 130 valence electrons. The van der Waals surface area contributed by atoms with Gasteiger partial charge in [-0.3, -0.25) is 0 Å². The van der Waals surface area contributed by atoms with Crippen molar-refractivity contribution in [2.24, 2.45) is 0 Å². The number of carbonyl (C=O) groups excluding carboxylic acids is 2. The van der Waals surface area contributed by atoms with Crippen LogP contribution in [0.25, 0.3) is 22.3 Å². The van der Waals surface area contributed by atoms with Crippen LogP contribution in [0.5, 0.6) is 0 Å². The van der Waals surface area contributed by atoms with E-state index in [1.54, 1.807) is 48.5 Å². The van der Waals surface area contributed by atoms with Crippen molar-refractivity contribution in [3.8, 4) is 22.3 Å². The molecule has 3 aromatic carbocycles. The first-order valence-electron chi connectivity index (χ1n) is 7.70. The second kappa shape index (κ2) is 6.60. The SMILES string of the molecule is Nc1ccc(-c2c(C(=O)[O-])ccc(C(=O)[O-])c2-c2ccc(N)cc2)cc1. The van der Waals surface area contributed by atoms with Crippen molar-refractivity contribution in [1.29, 1.82) is 0 Å². The van der Waals surface area contributed by atoms with Gasteiger partial charge in [-0.1, -0.05) is 36.4 Å². The lowest BCUT2D eigenvalue weighted by molar-refractivity contribution is -0.256. The summed E-state index contributed by atoms with van der Waals surface area (Å²) in [6, 6.07) is 15.3. The Bertz CT molecular complexity index is 911. The summed E-state index contributed by atoms with van der Waals surface area (Å²) in [7, 11) is 0. The Balaban J connectivity index is 2.42. The highest BCUT2D eigenvalue weighted by molar-refractivity contribution is 6.07. The predicted octanol–water partition coefficient (Wildman–Crippen LogP) is 0.912. The van der Waals surface area contributed by atoms with Gasteiger partial charge >= 0.3 is 0 Å². The van der Waals surface area contributed by atoms with Gasteiger partial charge < -0.3 is 31.3 Å². The van der Waals surface area contributed by atoms with Crippen LogP contribution in [0.4, 0.5) is 11.4 Å². The van der Waals surface area contributed by atoms with E-state index < -0.39 is 11.9 Å². The van der Waals surface area contributed by atoms with Crippen LogP contribution < -0.4 is 21.7 Å². The number of carboxylic acids is 2. The largest absolute Gasteiger partial charge is 0.545 e. The number of anilines is 2. The highest BCUT2D eigenvalue weighted by Gasteiger charge is 2.18. The minimum absolute atomic E-state index is 0.133. The molecule has 0 fully saturated rings. The highest BCUT2D eigenvalue weighted by Crippen LogP contribution is 2.38. The maximum Gasteiger partial charge on any atom is 0.0721 e. The van der Waals surface area contributed by atoms with Gasteiger partial charge in [0.05, 0.1) is 11.9 Å². The lowest BCUT2D eigenvalue weighted by atomic mass is 9.86. The van der Waals surface area contributed by atoms with Crippen LogP contribution in [0.3, 0.4) is 0 Å². The smallest absolute Gasteiger partial charge is 0.0721 e. The average molecular weight is 346 g/mol. The van der Waals surface area contributed by atoms with Gasteiger partial charge in [0.2, 0.25) is 0 Å². The summed E-state index contributed by atoms with van der Waals surface area (Å²) >= 11 is 0. The third-order valence-electron chi connectivity index (χ3n) is 4.04. The molecule has 0 radical (unpaired) electrons. The molecule has 0 aromatic heterocycles. The number of nitrogens with two attached hydrogens (primary N) is 2. The number of carboxylic acid groups (broad SMARTS) is 2. The van der Waals surface area contributed by atoms with Crippen molar-refractivity contribution in [2.75, 3.05) is 11.5 Å². The summed E-state index contributed by atoms with van der Waals surface area (Å²) in [6.45, 7) is 0. The topological polar surface area (TPSA) is 132 Å². The molecule has 0 amide bonds. The Morgan fingerprint density at radius 3 is 1.15 bits per heavy atom. The molecular weight excluding hydrogens is 332 g/mol. The van der Waals surface area contributed by atoms with E-state index in [2.05, 4.69) is 0 Å². The van der Waals surface area contributed by atoms with E-state index in [1.807, 2.05) is 0 Å². The molecule has 0 saturated carbocycles. The molecule has 0 heterocycles. The third kappa shape index (κ3) is 3.08. The van der Waals surface area contributed by atoms with Crippen LogP contribution >= 0.6 is 0 Å². The number of benzene rings is 3. The Morgan fingerprint density at radius 1 is 0.577 bits per heavy atom. The lowest BCUT2D eigenvalue weighted by Gasteiger charge is -2.21. The minimum atomic E-state index is -1.42. The zero-order valence-corrected chi connectivity index (χ0v) is 13.6. The fraction of sp³-hybridized carbons (Fsp3) is 0. The van der Waals surface area contributed by atoms with Crippen molar-refractivity contribution in [3.05, 3.63) is 71.8 Å². The van der Waals surface area contributed by atoms with Gasteiger partial charge in [-0.2, -0.15) is 0 Å². The van der Waals surface area contributed by atoms with Crippen LogP contribution in [0.1, 0.15) is 20.7 Å². The molecule has 3 aromatic rings. The van der Waals surface area contributed by atoms with Gasteiger partial charge in [0, 0.05) is 22.5 Å². The quantitative estimate of drug-likeness (QED) is 0.675.